The molecule has 5 nitrogen and oxygen atoms in total. The van der Waals surface area contributed by atoms with Crippen LogP contribution in [0.2, 0.25) is 0 Å². The van der Waals surface area contributed by atoms with Gasteiger partial charge in [-0.05, 0) is 37.6 Å². The SMILES string of the molecule is O=C1COC2(CCCN(Cc3nccs3)C2)CN1c1cccc(F)c1. The molecule has 3 heterocycles. The molecule has 1 unspecified atom stereocenters. The van der Waals surface area contributed by atoms with Gasteiger partial charge in [-0.1, -0.05) is 6.07 Å². The van der Waals surface area contributed by atoms with Gasteiger partial charge in [-0.25, -0.2) is 9.37 Å². The summed E-state index contributed by atoms with van der Waals surface area (Å²) in [6, 6.07) is 6.21. The van der Waals surface area contributed by atoms with E-state index in [1.807, 2.05) is 11.6 Å². The molecule has 2 aliphatic rings. The molecule has 25 heavy (non-hydrogen) atoms. The van der Waals surface area contributed by atoms with E-state index in [0.717, 1.165) is 37.5 Å². The summed E-state index contributed by atoms with van der Waals surface area (Å²) in [4.78, 5) is 20.7. The van der Waals surface area contributed by atoms with Crippen LogP contribution in [-0.2, 0) is 16.1 Å². The molecule has 0 bridgehead atoms. The molecule has 0 radical (unpaired) electrons. The van der Waals surface area contributed by atoms with E-state index in [4.69, 9.17) is 4.74 Å². The minimum Gasteiger partial charge on any atom is -0.362 e. The van der Waals surface area contributed by atoms with Crippen LogP contribution in [0.4, 0.5) is 10.1 Å². The molecule has 2 aromatic rings. The fourth-order valence-electron chi connectivity index (χ4n) is 3.69. The molecule has 1 spiro atoms. The molecule has 0 saturated carbocycles. The van der Waals surface area contributed by atoms with Crippen molar-refractivity contribution in [1.82, 2.24) is 9.88 Å². The third kappa shape index (κ3) is 3.58. The molecule has 2 saturated heterocycles. The van der Waals surface area contributed by atoms with E-state index in [0.29, 0.717) is 12.2 Å². The van der Waals surface area contributed by atoms with E-state index in [2.05, 4.69) is 9.88 Å². The summed E-state index contributed by atoms with van der Waals surface area (Å²) in [5, 5.41) is 3.07. The molecule has 2 aliphatic heterocycles. The zero-order valence-corrected chi connectivity index (χ0v) is 14.7. The number of piperidine rings is 1. The third-order valence-corrected chi connectivity index (χ3v) is 5.59. The lowest BCUT2D eigenvalue weighted by atomic mass is 9.90. The maximum Gasteiger partial charge on any atom is 0.253 e. The topological polar surface area (TPSA) is 45.7 Å². The van der Waals surface area contributed by atoms with Crippen molar-refractivity contribution >= 4 is 22.9 Å². The quantitative estimate of drug-likeness (QED) is 0.843. The number of anilines is 1. The summed E-state index contributed by atoms with van der Waals surface area (Å²) in [7, 11) is 0. The highest BCUT2D eigenvalue weighted by atomic mass is 32.1. The number of halogens is 1. The number of ether oxygens (including phenoxy) is 1. The average molecular weight is 361 g/mol. The molecule has 1 aromatic carbocycles. The van der Waals surface area contributed by atoms with Crippen molar-refractivity contribution < 1.29 is 13.9 Å². The molecule has 1 aromatic heterocycles. The van der Waals surface area contributed by atoms with Crippen molar-refractivity contribution in [1.29, 1.82) is 0 Å². The summed E-state index contributed by atoms with van der Waals surface area (Å²) >= 11 is 1.65. The zero-order valence-electron chi connectivity index (χ0n) is 13.9. The molecule has 132 valence electrons. The maximum absolute atomic E-state index is 13.6. The second-order valence-corrected chi connectivity index (χ2v) is 7.65. The largest absolute Gasteiger partial charge is 0.362 e. The van der Waals surface area contributed by atoms with Crippen LogP contribution in [-0.4, -0.2) is 47.6 Å². The van der Waals surface area contributed by atoms with Crippen LogP contribution >= 0.6 is 11.3 Å². The summed E-state index contributed by atoms with van der Waals surface area (Å²) in [5.74, 6) is -0.451. The van der Waals surface area contributed by atoms with Crippen molar-refractivity contribution in [2.75, 3.05) is 31.1 Å². The lowest BCUT2D eigenvalue weighted by Crippen LogP contribution is -2.61. The van der Waals surface area contributed by atoms with Crippen LogP contribution in [0.1, 0.15) is 17.8 Å². The van der Waals surface area contributed by atoms with E-state index < -0.39 is 5.60 Å². The van der Waals surface area contributed by atoms with Crippen LogP contribution in [0.15, 0.2) is 35.8 Å². The van der Waals surface area contributed by atoms with Gasteiger partial charge in [0.1, 0.15) is 17.4 Å². The van der Waals surface area contributed by atoms with Gasteiger partial charge < -0.3 is 9.64 Å². The van der Waals surface area contributed by atoms with E-state index in [9.17, 15) is 9.18 Å². The Bertz CT molecular complexity index is 755. The van der Waals surface area contributed by atoms with Crippen LogP contribution in [0, 0.1) is 5.82 Å². The van der Waals surface area contributed by atoms with Crippen molar-refractivity contribution in [3.63, 3.8) is 0 Å². The van der Waals surface area contributed by atoms with Gasteiger partial charge in [-0.15, -0.1) is 11.3 Å². The number of morpholine rings is 1. The summed E-state index contributed by atoms with van der Waals surface area (Å²) in [6.07, 6.45) is 3.73. The molecular weight excluding hydrogens is 341 g/mol. The Kier molecular flexibility index (Phi) is 4.54. The van der Waals surface area contributed by atoms with Gasteiger partial charge in [-0.2, -0.15) is 0 Å². The number of rotatable bonds is 3. The molecule has 2 fully saturated rings. The van der Waals surface area contributed by atoms with E-state index in [1.54, 1.807) is 28.4 Å². The zero-order chi connectivity index (χ0) is 17.3. The first-order valence-corrected chi connectivity index (χ1v) is 9.32. The van der Waals surface area contributed by atoms with Crippen LogP contribution < -0.4 is 4.90 Å². The Morgan fingerprint density at radius 3 is 3.08 bits per heavy atom. The van der Waals surface area contributed by atoms with Crippen LogP contribution in [0.5, 0.6) is 0 Å². The minimum atomic E-state index is -0.393. The molecule has 1 atom stereocenters. The highest BCUT2D eigenvalue weighted by Gasteiger charge is 2.43. The molecule has 1 amide bonds. The predicted molar refractivity (Wildman–Crippen MR) is 94.1 cm³/mol. The number of amides is 1. The van der Waals surface area contributed by atoms with Crippen molar-refractivity contribution in [3.8, 4) is 0 Å². The minimum absolute atomic E-state index is 0.0433. The first-order chi connectivity index (χ1) is 12.1. The van der Waals surface area contributed by atoms with Gasteiger partial charge >= 0.3 is 0 Å². The van der Waals surface area contributed by atoms with Crippen LogP contribution in [0.3, 0.4) is 0 Å². The number of carbonyl (C=O) groups excluding carboxylic acids is 1. The smallest absolute Gasteiger partial charge is 0.253 e. The standard InChI is InChI=1S/C18H20FN3O2S/c19-14-3-1-4-15(9-14)22-13-18(24-11-17(22)23)5-2-7-21(12-18)10-16-20-6-8-25-16/h1,3-4,6,8-9H,2,5,7,10-13H2. The Hall–Kier alpha value is -1.83. The van der Waals surface area contributed by atoms with E-state index >= 15 is 0 Å². The lowest BCUT2D eigenvalue weighted by molar-refractivity contribution is -0.146. The van der Waals surface area contributed by atoms with Gasteiger partial charge in [-0.3, -0.25) is 9.69 Å². The molecule has 0 N–H and O–H groups in total. The number of thiazole rings is 1. The van der Waals surface area contributed by atoms with Gasteiger partial charge in [0.25, 0.3) is 5.91 Å². The normalized spacial score (nSPS) is 24.8. The summed E-state index contributed by atoms with van der Waals surface area (Å²) < 4.78 is 19.6. The first-order valence-electron chi connectivity index (χ1n) is 8.44. The Balaban J connectivity index is 1.51. The second kappa shape index (κ2) is 6.82. The molecule has 4 rings (SSSR count). The highest BCUT2D eigenvalue weighted by Crippen LogP contribution is 2.32. The Morgan fingerprint density at radius 2 is 2.28 bits per heavy atom. The Morgan fingerprint density at radius 1 is 1.36 bits per heavy atom. The van der Waals surface area contributed by atoms with Gasteiger partial charge in [0.15, 0.2) is 0 Å². The number of nitrogens with zero attached hydrogens (tertiary/aromatic N) is 3. The highest BCUT2D eigenvalue weighted by molar-refractivity contribution is 7.09. The molecule has 7 heteroatoms. The van der Waals surface area contributed by atoms with Gasteiger partial charge in [0.05, 0.1) is 18.7 Å². The van der Waals surface area contributed by atoms with E-state index in [-0.39, 0.29) is 18.3 Å². The number of aromatic nitrogens is 1. The fraction of sp³-hybridized carbons (Fsp3) is 0.444. The monoisotopic (exact) mass is 361 g/mol. The average Bonchev–Trinajstić information content (AvgIpc) is 3.11. The third-order valence-electron chi connectivity index (χ3n) is 4.83. The Labute approximate surface area is 150 Å². The molecule has 0 aliphatic carbocycles. The number of benzene rings is 1. The van der Waals surface area contributed by atoms with Crippen molar-refractivity contribution in [2.24, 2.45) is 0 Å². The van der Waals surface area contributed by atoms with E-state index in [1.165, 1.54) is 12.1 Å². The van der Waals surface area contributed by atoms with Crippen molar-refractivity contribution in [3.05, 3.63) is 46.7 Å². The first kappa shape index (κ1) is 16.6. The summed E-state index contributed by atoms with van der Waals surface area (Å²) in [6.45, 7) is 3.06. The number of carbonyl (C=O) groups is 1. The predicted octanol–water partition coefficient (Wildman–Crippen LogP) is 2.68. The fourth-order valence-corrected chi connectivity index (χ4v) is 4.35. The number of hydrogen-bond donors (Lipinski definition) is 0. The van der Waals surface area contributed by atoms with Crippen LogP contribution in [0.25, 0.3) is 0 Å². The van der Waals surface area contributed by atoms with Gasteiger partial charge in [0.2, 0.25) is 0 Å². The van der Waals surface area contributed by atoms with Crippen molar-refractivity contribution in [2.45, 2.75) is 25.0 Å². The molecular formula is C18H20FN3O2S. The lowest BCUT2D eigenvalue weighted by Gasteiger charge is -2.47. The van der Waals surface area contributed by atoms with Gasteiger partial charge in [0, 0.05) is 23.8 Å². The maximum atomic E-state index is 13.6. The number of hydrogen-bond acceptors (Lipinski definition) is 5. The second-order valence-electron chi connectivity index (χ2n) is 6.67. The summed E-state index contributed by atoms with van der Waals surface area (Å²) in [5.41, 5.74) is 0.208. The number of likely N-dealkylation sites (tertiary alicyclic amines) is 1.